The standard InChI is InChI=1S/C20H22N2O3/c1-14-6-8-16-4-2-3-5-17(16)22(14)12-20(23)21-11-15-7-9-18-19(10-15)25-13-24-18/h2-5,7,9-10,14H,6,8,11-13H2,1H3,(H,21,23)/t14-/m0/s1. The van der Waals surface area contributed by atoms with Gasteiger partial charge < -0.3 is 19.7 Å². The van der Waals surface area contributed by atoms with Crippen LogP contribution < -0.4 is 19.7 Å². The number of anilines is 1. The van der Waals surface area contributed by atoms with E-state index in [1.807, 2.05) is 24.3 Å². The first-order valence-corrected chi connectivity index (χ1v) is 8.70. The van der Waals surface area contributed by atoms with Crippen LogP contribution in [-0.4, -0.2) is 25.3 Å². The molecule has 0 saturated carbocycles. The monoisotopic (exact) mass is 338 g/mol. The molecule has 0 radical (unpaired) electrons. The maximum absolute atomic E-state index is 12.5. The van der Waals surface area contributed by atoms with Crippen molar-refractivity contribution in [2.45, 2.75) is 32.4 Å². The Hall–Kier alpha value is -2.69. The Kier molecular flexibility index (Phi) is 4.22. The van der Waals surface area contributed by atoms with Crippen molar-refractivity contribution >= 4 is 11.6 Å². The first kappa shape index (κ1) is 15.8. The quantitative estimate of drug-likeness (QED) is 0.931. The number of carbonyl (C=O) groups excluding carboxylic acids is 1. The van der Waals surface area contributed by atoms with Gasteiger partial charge in [-0.15, -0.1) is 0 Å². The van der Waals surface area contributed by atoms with Gasteiger partial charge in [0, 0.05) is 18.3 Å². The van der Waals surface area contributed by atoms with Crippen molar-refractivity contribution in [2.24, 2.45) is 0 Å². The van der Waals surface area contributed by atoms with Crippen LogP contribution in [-0.2, 0) is 17.8 Å². The van der Waals surface area contributed by atoms with E-state index in [4.69, 9.17) is 9.47 Å². The van der Waals surface area contributed by atoms with Gasteiger partial charge in [0.05, 0.1) is 6.54 Å². The molecular weight excluding hydrogens is 316 g/mol. The van der Waals surface area contributed by atoms with Crippen LogP contribution in [0.4, 0.5) is 5.69 Å². The van der Waals surface area contributed by atoms with Crippen LogP contribution >= 0.6 is 0 Å². The van der Waals surface area contributed by atoms with Crippen molar-refractivity contribution in [1.29, 1.82) is 0 Å². The fourth-order valence-corrected chi connectivity index (χ4v) is 3.46. The lowest BCUT2D eigenvalue weighted by atomic mass is 9.96. The van der Waals surface area contributed by atoms with Gasteiger partial charge in [-0.1, -0.05) is 24.3 Å². The summed E-state index contributed by atoms with van der Waals surface area (Å²) < 4.78 is 10.7. The highest BCUT2D eigenvalue weighted by atomic mass is 16.7. The van der Waals surface area contributed by atoms with Crippen LogP contribution in [0, 0.1) is 0 Å². The Balaban J connectivity index is 1.39. The predicted octanol–water partition coefficient (Wildman–Crippen LogP) is 2.87. The summed E-state index contributed by atoms with van der Waals surface area (Å²) in [6.07, 6.45) is 2.15. The zero-order chi connectivity index (χ0) is 17.2. The van der Waals surface area contributed by atoms with E-state index in [2.05, 4.69) is 35.3 Å². The SMILES string of the molecule is C[C@H]1CCc2ccccc2N1CC(=O)NCc1ccc2c(c1)OCO2. The van der Waals surface area contributed by atoms with Crippen LogP contribution in [0.2, 0.25) is 0 Å². The van der Waals surface area contributed by atoms with Gasteiger partial charge in [0.25, 0.3) is 0 Å². The molecule has 25 heavy (non-hydrogen) atoms. The van der Waals surface area contributed by atoms with Crippen LogP contribution in [0.5, 0.6) is 11.5 Å². The highest BCUT2D eigenvalue weighted by molar-refractivity contribution is 5.82. The molecule has 1 amide bonds. The topological polar surface area (TPSA) is 50.8 Å². The number of ether oxygens (including phenoxy) is 2. The molecule has 2 heterocycles. The lowest BCUT2D eigenvalue weighted by Crippen LogP contribution is -2.44. The summed E-state index contributed by atoms with van der Waals surface area (Å²) in [6.45, 7) is 3.31. The van der Waals surface area contributed by atoms with Crippen molar-refractivity contribution in [3.8, 4) is 11.5 Å². The Morgan fingerprint density at radius 3 is 2.96 bits per heavy atom. The first-order valence-electron chi connectivity index (χ1n) is 8.70. The van der Waals surface area contributed by atoms with Crippen LogP contribution in [0.3, 0.4) is 0 Å². The molecule has 4 rings (SSSR count). The number of amides is 1. The zero-order valence-electron chi connectivity index (χ0n) is 14.3. The summed E-state index contributed by atoms with van der Waals surface area (Å²) in [4.78, 5) is 14.7. The van der Waals surface area contributed by atoms with E-state index in [1.165, 1.54) is 11.3 Å². The van der Waals surface area contributed by atoms with E-state index in [-0.39, 0.29) is 12.7 Å². The molecule has 0 bridgehead atoms. The number of aryl methyl sites for hydroxylation is 1. The Labute approximate surface area is 147 Å². The number of rotatable bonds is 4. The van der Waals surface area contributed by atoms with Gasteiger partial charge >= 0.3 is 0 Å². The molecule has 0 spiro atoms. The van der Waals surface area contributed by atoms with Gasteiger partial charge in [0.2, 0.25) is 12.7 Å². The first-order chi connectivity index (χ1) is 12.2. The number of fused-ring (bicyclic) bond motifs is 2. The minimum absolute atomic E-state index is 0.0289. The second-order valence-electron chi connectivity index (χ2n) is 6.61. The summed E-state index contributed by atoms with van der Waals surface area (Å²) in [7, 11) is 0. The van der Waals surface area contributed by atoms with E-state index >= 15 is 0 Å². The van der Waals surface area contributed by atoms with Gasteiger partial charge in [-0.3, -0.25) is 4.79 Å². The average molecular weight is 338 g/mol. The third-order valence-corrected chi connectivity index (χ3v) is 4.91. The van der Waals surface area contributed by atoms with E-state index in [0.29, 0.717) is 19.1 Å². The van der Waals surface area contributed by atoms with Crippen molar-refractivity contribution in [1.82, 2.24) is 5.32 Å². The fraction of sp³-hybridized carbons (Fsp3) is 0.350. The van der Waals surface area contributed by atoms with Crippen molar-refractivity contribution in [3.05, 3.63) is 53.6 Å². The number of nitrogens with zero attached hydrogens (tertiary/aromatic N) is 1. The lowest BCUT2D eigenvalue weighted by Gasteiger charge is -2.36. The van der Waals surface area contributed by atoms with Gasteiger partial charge in [-0.25, -0.2) is 0 Å². The summed E-state index contributed by atoms with van der Waals surface area (Å²) in [5.74, 6) is 1.53. The molecule has 5 heteroatoms. The number of carbonyl (C=O) groups is 1. The molecule has 0 aromatic heterocycles. The van der Waals surface area contributed by atoms with Crippen molar-refractivity contribution < 1.29 is 14.3 Å². The molecule has 2 aliphatic heterocycles. The number of hydrogen-bond acceptors (Lipinski definition) is 4. The van der Waals surface area contributed by atoms with Gasteiger partial charge in [0.1, 0.15) is 0 Å². The van der Waals surface area contributed by atoms with Crippen molar-refractivity contribution in [3.63, 3.8) is 0 Å². The molecule has 0 aliphatic carbocycles. The maximum Gasteiger partial charge on any atom is 0.239 e. The number of benzene rings is 2. The van der Waals surface area contributed by atoms with Crippen LogP contribution in [0.25, 0.3) is 0 Å². The van der Waals surface area contributed by atoms with Crippen molar-refractivity contribution in [2.75, 3.05) is 18.2 Å². The number of nitrogens with one attached hydrogen (secondary N) is 1. The van der Waals surface area contributed by atoms with Crippen LogP contribution in [0.1, 0.15) is 24.5 Å². The molecule has 1 atom stereocenters. The average Bonchev–Trinajstić information content (AvgIpc) is 3.10. The molecule has 0 saturated heterocycles. The van der Waals surface area contributed by atoms with Gasteiger partial charge in [0.15, 0.2) is 11.5 Å². The Morgan fingerprint density at radius 1 is 1.20 bits per heavy atom. The van der Waals surface area contributed by atoms with E-state index in [9.17, 15) is 4.79 Å². The third-order valence-electron chi connectivity index (χ3n) is 4.91. The van der Waals surface area contributed by atoms with E-state index in [1.54, 1.807) is 0 Å². The largest absolute Gasteiger partial charge is 0.454 e. The van der Waals surface area contributed by atoms with E-state index in [0.717, 1.165) is 29.9 Å². The fourth-order valence-electron chi connectivity index (χ4n) is 3.46. The summed E-state index contributed by atoms with van der Waals surface area (Å²) >= 11 is 0. The predicted molar refractivity (Wildman–Crippen MR) is 96.0 cm³/mol. The second-order valence-corrected chi connectivity index (χ2v) is 6.61. The molecule has 2 aromatic carbocycles. The molecule has 130 valence electrons. The Morgan fingerprint density at radius 2 is 2.04 bits per heavy atom. The molecule has 0 fully saturated rings. The maximum atomic E-state index is 12.5. The normalized spacial score (nSPS) is 18.0. The highest BCUT2D eigenvalue weighted by Gasteiger charge is 2.24. The molecule has 0 unspecified atom stereocenters. The smallest absolute Gasteiger partial charge is 0.239 e. The van der Waals surface area contributed by atoms with Crippen LogP contribution in [0.15, 0.2) is 42.5 Å². The third kappa shape index (κ3) is 3.27. The minimum Gasteiger partial charge on any atom is -0.454 e. The second kappa shape index (κ2) is 6.67. The molecule has 5 nitrogen and oxygen atoms in total. The van der Waals surface area contributed by atoms with E-state index < -0.39 is 0 Å². The number of para-hydroxylation sites is 1. The lowest BCUT2D eigenvalue weighted by molar-refractivity contribution is -0.120. The highest BCUT2D eigenvalue weighted by Crippen LogP contribution is 2.32. The summed E-state index contributed by atoms with van der Waals surface area (Å²) in [6, 6.07) is 14.5. The minimum atomic E-state index is 0.0289. The summed E-state index contributed by atoms with van der Waals surface area (Å²) in [5, 5.41) is 3.01. The molecule has 1 N–H and O–H groups in total. The molecule has 2 aromatic rings. The van der Waals surface area contributed by atoms with Gasteiger partial charge in [-0.05, 0) is 49.1 Å². The molecular formula is C20H22N2O3. The Bertz CT molecular complexity index is 790. The van der Waals surface area contributed by atoms with Gasteiger partial charge in [-0.2, -0.15) is 0 Å². The zero-order valence-corrected chi connectivity index (χ0v) is 14.3. The summed E-state index contributed by atoms with van der Waals surface area (Å²) in [5.41, 5.74) is 3.51. The molecule has 2 aliphatic rings. The number of hydrogen-bond donors (Lipinski definition) is 1.